The number of aromatic nitrogens is 1. The molecular weight excluding hydrogens is 320 g/mol. The van der Waals surface area contributed by atoms with Crippen LogP contribution in [0.15, 0.2) is 42.5 Å². The molecule has 4 rings (SSSR count). The van der Waals surface area contributed by atoms with Crippen LogP contribution >= 0.6 is 0 Å². The van der Waals surface area contributed by atoms with Crippen molar-refractivity contribution >= 4 is 16.9 Å². The number of fused-ring (bicyclic) bond motifs is 3. The van der Waals surface area contributed by atoms with Crippen molar-refractivity contribution < 1.29 is 19.7 Å². The number of carboxylic acids is 1. The first-order chi connectivity index (χ1) is 12.1. The van der Waals surface area contributed by atoms with Crippen LogP contribution in [0.4, 0.5) is 0 Å². The number of ether oxygens (including phenoxy) is 1. The van der Waals surface area contributed by atoms with E-state index in [2.05, 4.69) is 10.3 Å². The number of rotatable bonds is 3. The summed E-state index contributed by atoms with van der Waals surface area (Å²) in [6.45, 7) is 0. The summed E-state index contributed by atoms with van der Waals surface area (Å²) in [5.41, 5.74) is 3.38. The number of carbonyl (C=O) groups is 1. The van der Waals surface area contributed by atoms with E-state index in [0.717, 1.165) is 22.2 Å². The van der Waals surface area contributed by atoms with Crippen LogP contribution in [-0.2, 0) is 11.2 Å². The zero-order valence-corrected chi connectivity index (χ0v) is 13.6. The topological polar surface area (TPSA) is 94.6 Å². The number of phenolic OH excluding ortho intramolecular Hbond substituents is 1. The second-order valence-corrected chi connectivity index (χ2v) is 6.16. The lowest BCUT2D eigenvalue weighted by molar-refractivity contribution is -0.139. The fourth-order valence-electron chi connectivity index (χ4n) is 3.58. The van der Waals surface area contributed by atoms with Gasteiger partial charge in [-0.1, -0.05) is 30.3 Å². The molecular formula is C19H18N2O4. The second kappa shape index (κ2) is 5.82. The molecule has 0 spiro atoms. The Hall–Kier alpha value is -2.99. The lowest BCUT2D eigenvalue weighted by atomic mass is 9.90. The van der Waals surface area contributed by atoms with E-state index >= 15 is 0 Å². The molecule has 0 radical (unpaired) electrons. The Labute approximate surface area is 144 Å². The highest BCUT2D eigenvalue weighted by Crippen LogP contribution is 2.41. The Bertz CT molecular complexity index is 963. The van der Waals surface area contributed by atoms with Crippen molar-refractivity contribution in [2.24, 2.45) is 0 Å². The van der Waals surface area contributed by atoms with Crippen LogP contribution in [0.5, 0.6) is 11.5 Å². The largest absolute Gasteiger partial charge is 0.504 e. The molecule has 0 saturated carbocycles. The fraction of sp³-hybridized carbons (Fsp3) is 0.211. The van der Waals surface area contributed by atoms with Crippen molar-refractivity contribution in [2.75, 3.05) is 7.11 Å². The molecule has 0 aliphatic carbocycles. The maximum atomic E-state index is 11.6. The van der Waals surface area contributed by atoms with Crippen molar-refractivity contribution in [1.29, 1.82) is 0 Å². The first-order valence-corrected chi connectivity index (χ1v) is 8.04. The minimum Gasteiger partial charge on any atom is -0.504 e. The van der Waals surface area contributed by atoms with Crippen LogP contribution in [0.2, 0.25) is 0 Å². The van der Waals surface area contributed by atoms with E-state index < -0.39 is 18.1 Å². The number of aromatic amines is 1. The first-order valence-electron chi connectivity index (χ1n) is 8.04. The van der Waals surface area contributed by atoms with Crippen LogP contribution in [0, 0.1) is 0 Å². The van der Waals surface area contributed by atoms with Gasteiger partial charge in [0, 0.05) is 28.6 Å². The summed E-state index contributed by atoms with van der Waals surface area (Å²) in [5.74, 6) is -0.545. The summed E-state index contributed by atoms with van der Waals surface area (Å²) in [6.07, 6.45) is 0.385. The van der Waals surface area contributed by atoms with Crippen molar-refractivity contribution in [3.8, 4) is 11.5 Å². The zero-order chi connectivity index (χ0) is 17.6. The SMILES string of the molecule is COc1cccc(C2NC(C(=O)O)Cc3c2[nH]c2ccccc32)c1O. The summed E-state index contributed by atoms with van der Waals surface area (Å²) in [4.78, 5) is 15.0. The Morgan fingerprint density at radius 3 is 2.76 bits per heavy atom. The van der Waals surface area contributed by atoms with Gasteiger partial charge in [0.05, 0.1) is 13.2 Å². The number of benzene rings is 2. The molecule has 1 aromatic heterocycles. The lowest BCUT2D eigenvalue weighted by Gasteiger charge is -2.30. The smallest absolute Gasteiger partial charge is 0.321 e. The molecule has 25 heavy (non-hydrogen) atoms. The molecule has 1 aliphatic heterocycles. The summed E-state index contributed by atoms with van der Waals surface area (Å²) in [6, 6.07) is 11.8. The van der Waals surface area contributed by atoms with Gasteiger partial charge in [0.2, 0.25) is 0 Å². The van der Waals surface area contributed by atoms with Crippen molar-refractivity contribution in [2.45, 2.75) is 18.5 Å². The molecule has 3 aromatic rings. The predicted molar refractivity (Wildman–Crippen MR) is 93.1 cm³/mol. The van der Waals surface area contributed by atoms with Gasteiger partial charge in [-0.3, -0.25) is 10.1 Å². The normalized spacial score (nSPS) is 19.6. The third-order valence-corrected chi connectivity index (χ3v) is 4.77. The molecule has 6 heteroatoms. The van der Waals surface area contributed by atoms with Crippen LogP contribution in [0.25, 0.3) is 10.9 Å². The number of nitrogens with one attached hydrogen (secondary N) is 2. The van der Waals surface area contributed by atoms with Gasteiger partial charge in [-0.15, -0.1) is 0 Å². The number of hydrogen-bond acceptors (Lipinski definition) is 4. The highest BCUT2D eigenvalue weighted by Gasteiger charge is 2.35. The molecule has 1 aliphatic rings. The molecule has 2 unspecified atom stereocenters. The molecule has 2 heterocycles. The van der Waals surface area contributed by atoms with Crippen molar-refractivity contribution in [1.82, 2.24) is 10.3 Å². The highest BCUT2D eigenvalue weighted by molar-refractivity contribution is 5.87. The number of para-hydroxylation sites is 2. The van der Waals surface area contributed by atoms with E-state index in [1.807, 2.05) is 24.3 Å². The molecule has 128 valence electrons. The molecule has 2 aromatic carbocycles. The van der Waals surface area contributed by atoms with Crippen molar-refractivity contribution in [3.05, 3.63) is 59.3 Å². The molecule has 0 fully saturated rings. The van der Waals surface area contributed by atoms with E-state index in [9.17, 15) is 15.0 Å². The van der Waals surface area contributed by atoms with Gasteiger partial charge >= 0.3 is 5.97 Å². The minimum absolute atomic E-state index is 0.0122. The number of methoxy groups -OCH3 is 1. The molecule has 2 atom stereocenters. The van der Waals surface area contributed by atoms with Gasteiger partial charge in [0.1, 0.15) is 6.04 Å². The molecule has 0 saturated heterocycles. The minimum atomic E-state index is -0.914. The van der Waals surface area contributed by atoms with Gasteiger partial charge in [-0.05, 0) is 17.7 Å². The average Bonchev–Trinajstić information content (AvgIpc) is 3.00. The lowest BCUT2D eigenvalue weighted by Crippen LogP contribution is -2.45. The van der Waals surface area contributed by atoms with E-state index in [0.29, 0.717) is 17.7 Å². The maximum Gasteiger partial charge on any atom is 0.321 e. The number of H-pyrrole nitrogens is 1. The maximum absolute atomic E-state index is 11.6. The quantitative estimate of drug-likeness (QED) is 0.589. The van der Waals surface area contributed by atoms with E-state index in [1.54, 1.807) is 18.2 Å². The van der Waals surface area contributed by atoms with Gasteiger partial charge in [-0.25, -0.2) is 0 Å². The fourth-order valence-corrected chi connectivity index (χ4v) is 3.58. The second-order valence-electron chi connectivity index (χ2n) is 6.16. The molecule has 0 bridgehead atoms. The molecule has 4 N–H and O–H groups in total. The number of hydrogen-bond donors (Lipinski definition) is 4. The van der Waals surface area contributed by atoms with E-state index in [-0.39, 0.29) is 5.75 Å². The van der Waals surface area contributed by atoms with Crippen LogP contribution < -0.4 is 10.1 Å². The Morgan fingerprint density at radius 2 is 2.00 bits per heavy atom. The standard InChI is InChI=1S/C19H18N2O4/c1-25-15-8-4-6-11(18(15)22)16-17-12(9-14(21-16)19(23)24)10-5-2-3-7-13(10)20-17/h2-8,14,16,20-22H,9H2,1H3,(H,23,24). The average molecular weight is 338 g/mol. The Kier molecular flexibility index (Phi) is 3.62. The van der Waals surface area contributed by atoms with Crippen LogP contribution in [0.1, 0.15) is 22.9 Å². The van der Waals surface area contributed by atoms with Gasteiger partial charge < -0.3 is 19.9 Å². The summed E-state index contributed by atoms with van der Waals surface area (Å²) >= 11 is 0. The number of phenols is 1. The monoisotopic (exact) mass is 338 g/mol. The molecule has 0 amide bonds. The number of carboxylic acid groups (broad SMARTS) is 1. The zero-order valence-electron chi connectivity index (χ0n) is 13.6. The van der Waals surface area contributed by atoms with E-state index in [4.69, 9.17) is 4.74 Å². The Morgan fingerprint density at radius 1 is 1.20 bits per heavy atom. The third kappa shape index (κ3) is 2.42. The van der Waals surface area contributed by atoms with Crippen molar-refractivity contribution in [3.63, 3.8) is 0 Å². The van der Waals surface area contributed by atoms with E-state index in [1.165, 1.54) is 7.11 Å². The number of aromatic hydroxyl groups is 1. The van der Waals surface area contributed by atoms with Gasteiger partial charge in [0.15, 0.2) is 11.5 Å². The number of aliphatic carboxylic acids is 1. The summed E-state index contributed by atoms with van der Waals surface area (Å²) in [7, 11) is 1.49. The highest BCUT2D eigenvalue weighted by atomic mass is 16.5. The Balaban J connectivity index is 1.92. The van der Waals surface area contributed by atoms with Gasteiger partial charge in [-0.2, -0.15) is 0 Å². The van der Waals surface area contributed by atoms with Crippen LogP contribution in [0.3, 0.4) is 0 Å². The third-order valence-electron chi connectivity index (χ3n) is 4.77. The summed E-state index contributed by atoms with van der Waals surface area (Å²) in [5, 5.41) is 24.2. The van der Waals surface area contributed by atoms with Crippen LogP contribution in [-0.4, -0.2) is 34.3 Å². The molecule has 6 nitrogen and oxygen atoms in total. The summed E-state index contributed by atoms with van der Waals surface area (Å²) < 4.78 is 5.19. The first kappa shape index (κ1) is 15.5. The van der Waals surface area contributed by atoms with Gasteiger partial charge in [0.25, 0.3) is 0 Å². The predicted octanol–water partition coefficient (Wildman–Crippen LogP) is 2.57.